The first-order valence-electron chi connectivity index (χ1n) is 14.6. The molecule has 0 aromatic rings. The van der Waals surface area contributed by atoms with Crippen molar-refractivity contribution in [2.45, 2.75) is 141 Å². The summed E-state index contributed by atoms with van der Waals surface area (Å²) in [6.07, 6.45) is 16.5. The van der Waals surface area contributed by atoms with Crippen LogP contribution in [-0.2, 0) is 0 Å². The second-order valence-corrected chi connectivity index (χ2v) is 13.8. The summed E-state index contributed by atoms with van der Waals surface area (Å²) >= 11 is 0. The summed E-state index contributed by atoms with van der Waals surface area (Å²) in [7, 11) is 0. The molecule has 0 aromatic carbocycles. The highest BCUT2D eigenvalue weighted by Crippen LogP contribution is 2.60. The Morgan fingerprint density at radius 2 is 1.61 bits per heavy atom. The summed E-state index contributed by atoms with van der Waals surface area (Å²) in [5.41, 5.74) is 2.36. The molecule has 0 aromatic heterocycles. The molecule has 3 rings (SSSR count). The van der Waals surface area contributed by atoms with Crippen LogP contribution in [0.4, 0.5) is 0 Å². The maximum atomic E-state index is 10.3. The molecule has 0 amide bonds. The molecule has 0 heterocycles. The molecule has 4 heteroatoms. The summed E-state index contributed by atoms with van der Waals surface area (Å²) in [6, 6.07) is 0. The van der Waals surface area contributed by atoms with Crippen LogP contribution in [0.25, 0.3) is 0 Å². The van der Waals surface area contributed by atoms with Crippen LogP contribution in [0.2, 0.25) is 0 Å². The maximum Gasteiger partial charge on any atom is 0.0811 e. The van der Waals surface area contributed by atoms with Crippen LogP contribution in [-0.4, -0.2) is 43.8 Å². The quantitative estimate of drug-likeness (QED) is 0.270. The van der Waals surface area contributed by atoms with E-state index in [1.807, 2.05) is 27.7 Å². The third kappa shape index (κ3) is 7.79. The van der Waals surface area contributed by atoms with Crippen LogP contribution >= 0.6 is 0 Å². The van der Waals surface area contributed by atoms with Crippen molar-refractivity contribution in [2.75, 3.05) is 0 Å². The van der Waals surface area contributed by atoms with E-state index in [0.717, 1.165) is 56.1 Å². The summed E-state index contributed by atoms with van der Waals surface area (Å²) in [5.74, 6) is 1.90. The minimum Gasteiger partial charge on any atom is -0.393 e. The topological polar surface area (TPSA) is 80.9 Å². The second kappa shape index (κ2) is 11.8. The smallest absolute Gasteiger partial charge is 0.0811 e. The van der Waals surface area contributed by atoms with E-state index in [1.165, 1.54) is 31.3 Å². The summed E-state index contributed by atoms with van der Waals surface area (Å²) < 4.78 is 0. The van der Waals surface area contributed by atoms with Crippen molar-refractivity contribution in [1.82, 2.24) is 0 Å². The Kier molecular flexibility index (Phi) is 9.74. The Balaban J connectivity index is 1.77. The van der Waals surface area contributed by atoms with E-state index in [1.54, 1.807) is 0 Å². The molecule has 4 nitrogen and oxygen atoms in total. The molecule has 3 aliphatic rings. The molecule has 206 valence electrons. The SMILES string of the molecule is C=C1/C(=C\C=C2/CCC[C@@]3(C)C2CC[C@H]3C(CCCC(C)(C)O)CCCC(C)(C)O)CC(O)C[C@@H]1O. The van der Waals surface area contributed by atoms with E-state index < -0.39 is 23.4 Å². The van der Waals surface area contributed by atoms with Gasteiger partial charge in [0.05, 0.1) is 23.4 Å². The van der Waals surface area contributed by atoms with E-state index in [-0.39, 0.29) is 0 Å². The molecule has 0 bridgehead atoms. The van der Waals surface area contributed by atoms with Crippen molar-refractivity contribution in [3.63, 3.8) is 0 Å². The lowest BCUT2D eigenvalue weighted by Gasteiger charge is -2.45. The highest BCUT2D eigenvalue weighted by atomic mass is 16.3. The van der Waals surface area contributed by atoms with Gasteiger partial charge in [0.15, 0.2) is 0 Å². The van der Waals surface area contributed by atoms with Gasteiger partial charge in [-0.1, -0.05) is 56.9 Å². The molecular formula is C32H54O4. The predicted molar refractivity (Wildman–Crippen MR) is 149 cm³/mol. The van der Waals surface area contributed by atoms with Gasteiger partial charge < -0.3 is 20.4 Å². The number of hydrogen-bond donors (Lipinski definition) is 4. The van der Waals surface area contributed by atoms with Gasteiger partial charge in [-0.05, 0) is 113 Å². The van der Waals surface area contributed by atoms with Crippen molar-refractivity contribution in [2.24, 2.45) is 23.2 Å². The Morgan fingerprint density at radius 1 is 1.00 bits per heavy atom. The van der Waals surface area contributed by atoms with E-state index in [9.17, 15) is 20.4 Å². The van der Waals surface area contributed by atoms with Crippen LogP contribution in [0.5, 0.6) is 0 Å². The molecule has 3 saturated carbocycles. The fraction of sp³-hybridized carbons (Fsp3) is 0.812. The standard InChI is InChI=1S/C32H54O4/c1-22-25(20-26(33)21-29(22)34)14-13-24-12-9-19-32(6)27(15-16-28(24)32)23(10-7-17-30(2,3)35)11-8-18-31(4,5)36/h13-14,23,26-29,33-36H,1,7-12,15-21H2,2-6H3/b24-13+,25-14-/t26?,27-,28?,29-,32+/m0/s1. The third-order valence-electron chi connectivity index (χ3n) is 9.60. The third-order valence-corrected chi connectivity index (χ3v) is 9.60. The van der Waals surface area contributed by atoms with Crippen LogP contribution in [0, 0.1) is 23.2 Å². The van der Waals surface area contributed by atoms with Gasteiger partial charge in [-0.25, -0.2) is 0 Å². The van der Waals surface area contributed by atoms with Crippen LogP contribution in [0.1, 0.15) is 118 Å². The monoisotopic (exact) mass is 502 g/mol. The normalized spacial score (nSPS) is 34.1. The molecule has 0 radical (unpaired) electrons. The highest BCUT2D eigenvalue weighted by molar-refractivity contribution is 5.38. The zero-order valence-corrected chi connectivity index (χ0v) is 23.7. The van der Waals surface area contributed by atoms with E-state index in [4.69, 9.17) is 0 Å². The molecule has 3 aliphatic carbocycles. The van der Waals surface area contributed by atoms with Gasteiger partial charge in [-0.15, -0.1) is 0 Å². The molecule has 5 atom stereocenters. The predicted octanol–water partition coefficient (Wildman–Crippen LogP) is 6.63. The molecular weight excluding hydrogens is 448 g/mol. The van der Waals surface area contributed by atoms with Gasteiger partial charge in [0.1, 0.15) is 0 Å². The van der Waals surface area contributed by atoms with E-state index in [0.29, 0.717) is 36.0 Å². The minimum atomic E-state index is -0.639. The van der Waals surface area contributed by atoms with Crippen molar-refractivity contribution in [3.8, 4) is 0 Å². The molecule has 3 fully saturated rings. The van der Waals surface area contributed by atoms with Crippen LogP contribution < -0.4 is 0 Å². The lowest BCUT2D eigenvalue weighted by Crippen LogP contribution is -2.37. The Morgan fingerprint density at radius 3 is 2.19 bits per heavy atom. The maximum absolute atomic E-state index is 10.3. The van der Waals surface area contributed by atoms with Gasteiger partial charge in [-0.2, -0.15) is 0 Å². The first kappa shape index (κ1) is 29.6. The zero-order chi connectivity index (χ0) is 26.7. The van der Waals surface area contributed by atoms with Gasteiger partial charge in [-0.3, -0.25) is 0 Å². The van der Waals surface area contributed by atoms with E-state index >= 15 is 0 Å². The largest absolute Gasteiger partial charge is 0.393 e. The van der Waals surface area contributed by atoms with Crippen LogP contribution in [0.15, 0.2) is 35.5 Å². The summed E-state index contributed by atoms with van der Waals surface area (Å²) in [6.45, 7) is 14.3. The van der Waals surface area contributed by atoms with Crippen molar-refractivity contribution in [1.29, 1.82) is 0 Å². The summed E-state index contributed by atoms with van der Waals surface area (Å²) in [5, 5.41) is 40.9. The molecule has 4 N–H and O–H groups in total. The zero-order valence-electron chi connectivity index (χ0n) is 23.7. The average Bonchev–Trinajstić information content (AvgIpc) is 3.10. The summed E-state index contributed by atoms with van der Waals surface area (Å²) in [4.78, 5) is 0. The number of aliphatic hydroxyl groups is 4. The Labute approximate surface area is 220 Å². The average molecular weight is 503 g/mol. The minimum absolute atomic E-state index is 0.291. The van der Waals surface area contributed by atoms with Gasteiger partial charge >= 0.3 is 0 Å². The Bertz CT molecular complexity index is 791. The fourth-order valence-corrected chi connectivity index (χ4v) is 7.66. The molecule has 0 aliphatic heterocycles. The molecule has 2 unspecified atom stereocenters. The first-order chi connectivity index (χ1) is 16.7. The molecule has 0 saturated heterocycles. The van der Waals surface area contributed by atoms with Crippen molar-refractivity contribution in [3.05, 3.63) is 35.5 Å². The number of aliphatic hydroxyl groups excluding tert-OH is 2. The number of rotatable bonds is 10. The Hall–Kier alpha value is -0.940. The number of fused-ring (bicyclic) bond motifs is 1. The highest BCUT2D eigenvalue weighted by Gasteiger charge is 2.51. The second-order valence-electron chi connectivity index (χ2n) is 13.8. The van der Waals surface area contributed by atoms with Crippen LogP contribution in [0.3, 0.4) is 0 Å². The lowest BCUT2D eigenvalue weighted by molar-refractivity contribution is 0.0480. The van der Waals surface area contributed by atoms with Gasteiger partial charge in [0.25, 0.3) is 0 Å². The van der Waals surface area contributed by atoms with E-state index in [2.05, 4.69) is 25.7 Å². The molecule has 36 heavy (non-hydrogen) atoms. The lowest BCUT2D eigenvalue weighted by atomic mass is 9.60. The van der Waals surface area contributed by atoms with Crippen molar-refractivity contribution >= 4 is 0 Å². The van der Waals surface area contributed by atoms with Crippen molar-refractivity contribution < 1.29 is 20.4 Å². The molecule has 0 spiro atoms. The number of allylic oxidation sites excluding steroid dienone is 3. The first-order valence-corrected chi connectivity index (χ1v) is 14.6. The number of hydrogen-bond acceptors (Lipinski definition) is 4. The van der Waals surface area contributed by atoms with Gasteiger partial charge in [0, 0.05) is 6.42 Å². The fourth-order valence-electron chi connectivity index (χ4n) is 7.66. The van der Waals surface area contributed by atoms with Gasteiger partial charge in [0.2, 0.25) is 0 Å².